The summed E-state index contributed by atoms with van der Waals surface area (Å²) in [5.74, 6) is -0.106. The maximum absolute atomic E-state index is 12.4. The zero-order valence-electron chi connectivity index (χ0n) is 12.8. The van der Waals surface area contributed by atoms with Crippen molar-refractivity contribution in [3.05, 3.63) is 59.0 Å². The van der Waals surface area contributed by atoms with Gasteiger partial charge < -0.3 is 4.42 Å². The molecule has 1 aromatic heterocycles. The summed E-state index contributed by atoms with van der Waals surface area (Å²) in [5.41, 5.74) is 2.10. The lowest BCUT2D eigenvalue weighted by Gasteiger charge is -2.27. The number of amides is 1. The minimum Gasteiger partial charge on any atom is -0.456 e. The van der Waals surface area contributed by atoms with Crippen molar-refractivity contribution in [1.82, 2.24) is 9.03 Å². The van der Waals surface area contributed by atoms with E-state index in [4.69, 9.17) is 4.42 Å². The molecule has 2 heterocycles. The first-order chi connectivity index (χ1) is 11.0. The van der Waals surface area contributed by atoms with E-state index in [-0.39, 0.29) is 12.3 Å². The summed E-state index contributed by atoms with van der Waals surface area (Å²) >= 11 is 0. The van der Waals surface area contributed by atoms with Crippen LogP contribution >= 0.6 is 0 Å². The molecule has 0 radical (unpaired) electrons. The van der Waals surface area contributed by atoms with Gasteiger partial charge in [-0.1, -0.05) is 31.2 Å². The average Bonchev–Trinajstić information content (AvgIpc) is 3.03. The fraction of sp³-hybridized carbons (Fsp3) is 0.312. The molecule has 3 rings (SSSR count). The number of rotatable bonds is 4. The number of nitrogens with one attached hydrogen (secondary N) is 1. The van der Waals surface area contributed by atoms with Gasteiger partial charge in [0.15, 0.2) is 5.76 Å². The highest BCUT2D eigenvalue weighted by Gasteiger charge is 2.29. The minimum atomic E-state index is -3.90. The van der Waals surface area contributed by atoms with Crippen LogP contribution in [-0.4, -0.2) is 25.2 Å². The molecule has 1 amide bonds. The molecular formula is C16H18N2O4S. The number of fused-ring (bicyclic) bond motifs is 1. The maximum atomic E-state index is 12.4. The van der Waals surface area contributed by atoms with Crippen molar-refractivity contribution < 1.29 is 17.6 Å². The summed E-state index contributed by atoms with van der Waals surface area (Å²) in [6, 6.07) is 10.9. The van der Waals surface area contributed by atoms with E-state index in [2.05, 4.69) is 4.72 Å². The number of aryl methyl sites for hydroxylation is 1. The van der Waals surface area contributed by atoms with Crippen molar-refractivity contribution in [2.45, 2.75) is 26.3 Å². The highest BCUT2D eigenvalue weighted by Crippen LogP contribution is 2.20. The molecule has 0 spiro atoms. The van der Waals surface area contributed by atoms with Crippen LogP contribution in [0.4, 0.5) is 0 Å². The van der Waals surface area contributed by atoms with Crippen LogP contribution in [0.5, 0.6) is 0 Å². The number of hydrogen-bond donors (Lipinski definition) is 1. The summed E-state index contributed by atoms with van der Waals surface area (Å²) in [5, 5.41) is 0. The van der Waals surface area contributed by atoms with Crippen LogP contribution in [0.3, 0.4) is 0 Å². The van der Waals surface area contributed by atoms with E-state index in [0.717, 1.165) is 11.1 Å². The Kier molecular flexibility index (Phi) is 4.23. The summed E-state index contributed by atoms with van der Waals surface area (Å²) in [7, 11) is -3.90. The summed E-state index contributed by atoms with van der Waals surface area (Å²) in [4.78, 5) is 12.1. The van der Waals surface area contributed by atoms with Crippen LogP contribution in [0.1, 0.15) is 34.4 Å². The summed E-state index contributed by atoms with van der Waals surface area (Å²) < 4.78 is 33.5. The van der Waals surface area contributed by atoms with Crippen LogP contribution in [-0.2, 0) is 29.6 Å². The van der Waals surface area contributed by atoms with Gasteiger partial charge in [0.2, 0.25) is 0 Å². The zero-order valence-corrected chi connectivity index (χ0v) is 13.6. The van der Waals surface area contributed by atoms with Crippen LogP contribution in [0, 0.1) is 0 Å². The Morgan fingerprint density at radius 2 is 1.96 bits per heavy atom. The number of carbonyl (C=O) groups is 1. The minimum absolute atomic E-state index is 0.00262. The topological polar surface area (TPSA) is 79.6 Å². The first kappa shape index (κ1) is 15.8. The average molecular weight is 334 g/mol. The molecule has 0 saturated heterocycles. The largest absolute Gasteiger partial charge is 0.456 e. The lowest BCUT2D eigenvalue weighted by atomic mass is 10.0. The molecule has 0 aliphatic carbocycles. The molecule has 1 aliphatic heterocycles. The van der Waals surface area contributed by atoms with Crippen LogP contribution in [0.2, 0.25) is 0 Å². The molecule has 7 heteroatoms. The van der Waals surface area contributed by atoms with Gasteiger partial charge in [-0.3, -0.25) is 4.79 Å². The van der Waals surface area contributed by atoms with Gasteiger partial charge in [0, 0.05) is 19.5 Å². The number of hydrogen-bond acceptors (Lipinski definition) is 4. The quantitative estimate of drug-likeness (QED) is 0.926. The Bertz CT molecular complexity index is 826. The van der Waals surface area contributed by atoms with Crippen LogP contribution in [0.25, 0.3) is 0 Å². The third-order valence-electron chi connectivity index (χ3n) is 3.89. The zero-order chi connectivity index (χ0) is 16.4. The van der Waals surface area contributed by atoms with Crippen LogP contribution in [0.15, 0.2) is 40.8 Å². The maximum Gasteiger partial charge on any atom is 0.304 e. The van der Waals surface area contributed by atoms with E-state index in [1.165, 1.54) is 10.4 Å². The second kappa shape index (κ2) is 6.17. The monoisotopic (exact) mass is 334 g/mol. The van der Waals surface area contributed by atoms with E-state index >= 15 is 0 Å². The Balaban J connectivity index is 1.73. The fourth-order valence-corrected chi connectivity index (χ4v) is 3.70. The number of carbonyl (C=O) groups excluding carboxylic acids is 1. The lowest BCUT2D eigenvalue weighted by Crippen LogP contribution is -2.45. The van der Waals surface area contributed by atoms with Crippen molar-refractivity contribution in [1.29, 1.82) is 0 Å². The number of nitrogens with zero attached hydrogens (tertiary/aromatic N) is 1. The van der Waals surface area contributed by atoms with Gasteiger partial charge in [0.1, 0.15) is 5.76 Å². The number of furan rings is 1. The van der Waals surface area contributed by atoms with E-state index in [9.17, 15) is 13.2 Å². The molecule has 1 aliphatic rings. The number of benzene rings is 1. The molecule has 2 aromatic rings. The van der Waals surface area contributed by atoms with Gasteiger partial charge in [0.05, 0.1) is 0 Å². The normalized spacial score (nSPS) is 15.2. The van der Waals surface area contributed by atoms with Crippen molar-refractivity contribution in [3.63, 3.8) is 0 Å². The summed E-state index contributed by atoms with van der Waals surface area (Å²) in [6.07, 6.45) is 1.27. The molecule has 0 fully saturated rings. The molecule has 1 aromatic carbocycles. The molecule has 122 valence electrons. The van der Waals surface area contributed by atoms with Crippen molar-refractivity contribution in [3.8, 4) is 0 Å². The molecule has 23 heavy (non-hydrogen) atoms. The van der Waals surface area contributed by atoms with Crippen molar-refractivity contribution in [2.24, 2.45) is 0 Å². The molecule has 0 unspecified atom stereocenters. The molecular weight excluding hydrogens is 316 g/mol. The SMILES string of the molecule is CCc1ccc(C(=O)NS(=O)(=O)N2CCc3ccccc3C2)o1. The van der Waals surface area contributed by atoms with Gasteiger partial charge >= 0.3 is 16.1 Å². The first-order valence-corrected chi connectivity index (χ1v) is 8.91. The highest BCUT2D eigenvalue weighted by atomic mass is 32.2. The smallest absolute Gasteiger partial charge is 0.304 e. The van der Waals surface area contributed by atoms with Gasteiger partial charge in [-0.2, -0.15) is 12.7 Å². The third kappa shape index (κ3) is 3.30. The van der Waals surface area contributed by atoms with E-state index < -0.39 is 16.1 Å². The first-order valence-electron chi connectivity index (χ1n) is 7.47. The highest BCUT2D eigenvalue weighted by molar-refractivity contribution is 7.87. The van der Waals surface area contributed by atoms with Crippen molar-refractivity contribution in [2.75, 3.05) is 6.54 Å². The van der Waals surface area contributed by atoms with Gasteiger partial charge in [-0.15, -0.1) is 0 Å². The Labute approximate surface area is 135 Å². The van der Waals surface area contributed by atoms with Gasteiger partial charge in [-0.25, -0.2) is 4.72 Å². The van der Waals surface area contributed by atoms with Gasteiger partial charge in [-0.05, 0) is 29.7 Å². The molecule has 0 saturated carbocycles. The molecule has 0 atom stereocenters. The Hall–Kier alpha value is -2.12. The predicted molar refractivity (Wildman–Crippen MR) is 85.0 cm³/mol. The van der Waals surface area contributed by atoms with Crippen molar-refractivity contribution >= 4 is 16.1 Å². The third-order valence-corrected chi connectivity index (χ3v) is 5.33. The second-order valence-corrected chi connectivity index (χ2v) is 7.08. The molecule has 1 N–H and O–H groups in total. The molecule has 0 bridgehead atoms. The van der Waals surface area contributed by atoms with E-state index in [1.807, 2.05) is 31.2 Å². The lowest BCUT2D eigenvalue weighted by molar-refractivity contribution is 0.0950. The Morgan fingerprint density at radius 1 is 1.22 bits per heavy atom. The van der Waals surface area contributed by atoms with E-state index in [0.29, 0.717) is 25.1 Å². The Morgan fingerprint density at radius 3 is 2.65 bits per heavy atom. The van der Waals surface area contributed by atoms with Crippen LogP contribution < -0.4 is 4.72 Å². The van der Waals surface area contributed by atoms with Gasteiger partial charge in [0.25, 0.3) is 0 Å². The second-order valence-electron chi connectivity index (χ2n) is 5.41. The standard InChI is InChI=1S/C16H18N2O4S/c1-2-14-7-8-15(22-14)16(19)17-23(20,21)18-10-9-12-5-3-4-6-13(12)11-18/h3-8H,2,9-11H2,1H3,(H,17,19). The fourth-order valence-electron chi connectivity index (χ4n) is 2.60. The summed E-state index contributed by atoms with van der Waals surface area (Å²) in [6.45, 7) is 2.50. The van der Waals surface area contributed by atoms with E-state index in [1.54, 1.807) is 6.07 Å². The predicted octanol–water partition coefficient (Wildman–Crippen LogP) is 1.87. The molecule has 6 nitrogen and oxygen atoms in total.